The molecule has 0 amide bonds. The zero-order valence-corrected chi connectivity index (χ0v) is 8.74. The molecule has 0 aromatic heterocycles. The molecule has 0 atom stereocenters. The molecule has 0 bridgehead atoms. The Morgan fingerprint density at radius 1 is 1.43 bits per heavy atom. The topological polar surface area (TPSA) is 46.5 Å². The fraction of sp³-hybridized carbons (Fsp3) is 0.700. The zero-order chi connectivity index (χ0) is 10.4. The number of halogens is 1. The third kappa shape index (κ3) is 3.68. The van der Waals surface area contributed by atoms with Crippen LogP contribution < -0.4 is 0 Å². The Labute approximate surface area is 88.7 Å². The fourth-order valence-electron chi connectivity index (χ4n) is 1.70. The van der Waals surface area contributed by atoms with E-state index in [9.17, 15) is 4.79 Å². The van der Waals surface area contributed by atoms with Gasteiger partial charge < -0.3 is 9.84 Å². The van der Waals surface area contributed by atoms with Crippen molar-refractivity contribution in [3.05, 3.63) is 11.6 Å². The highest BCUT2D eigenvalue weighted by atomic mass is 35.5. The van der Waals surface area contributed by atoms with E-state index in [1.54, 1.807) is 6.08 Å². The monoisotopic (exact) mass is 218 g/mol. The summed E-state index contributed by atoms with van der Waals surface area (Å²) in [6.45, 7) is 0.520. The molecule has 80 valence electrons. The number of carbonyl (C=O) groups is 1. The molecule has 0 heterocycles. The van der Waals surface area contributed by atoms with Gasteiger partial charge in [-0.3, -0.25) is 4.79 Å². The molecule has 0 unspecified atom stereocenters. The number of aliphatic carboxylic acids is 1. The quantitative estimate of drug-likeness (QED) is 0.788. The van der Waals surface area contributed by atoms with Crippen LogP contribution in [0.15, 0.2) is 11.6 Å². The van der Waals surface area contributed by atoms with E-state index in [0.29, 0.717) is 6.61 Å². The molecule has 1 rings (SSSR count). The molecule has 1 aliphatic rings. The van der Waals surface area contributed by atoms with Gasteiger partial charge in [0.1, 0.15) is 0 Å². The summed E-state index contributed by atoms with van der Waals surface area (Å²) in [4.78, 5) is 10.7. The van der Waals surface area contributed by atoms with Gasteiger partial charge in [-0.1, -0.05) is 11.6 Å². The zero-order valence-electron chi connectivity index (χ0n) is 7.99. The third-order valence-electron chi connectivity index (χ3n) is 2.54. The van der Waals surface area contributed by atoms with Gasteiger partial charge in [-0.05, 0) is 31.8 Å². The van der Waals surface area contributed by atoms with Crippen LogP contribution in [0.5, 0.6) is 0 Å². The van der Waals surface area contributed by atoms with Crippen molar-refractivity contribution in [2.75, 3.05) is 6.61 Å². The maximum atomic E-state index is 10.7. The first-order chi connectivity index (χ1) is 6.74. The Morgan fingerprint density at radius 2 is 2.07 bits per heavy atom. The van der Waals surface area contributed by atoms with E-state index in [4.69, 9.17) is 21.4 Å². The van der Waals surface area contributed by atoms with Crippen molar-refractivity contribution >= 4 is 17.6 Å². The summed E-state index contributed by atoms with van der Waals surface area (Å²) in [5, 5.41) is 8.77. The molecule has 0 spiro atoms. The number of hydrogen-bond acceptors (Lipinski definition) is 2. The highest BCUT2D eigenvalue weighted by Gasteiger charge is 2.25. The molecule has 1 saturated carbocycles. The summed E-state index contributed by atoms with van der Waals surface area (Å²) in [5.41, 5.74) is 1.43. The molecular formula is C10H15ClO3. The smallest absolute Gasteiger partial charge is 0.306 e. The molecule has 1 fully saturated rings. The van der Waals surface area contributed by atoms with Crippen LogP contribution in [0.25, 0.3) is 0 Å². The van der Waals surface area contributed by atoms with Crippen LogP contribution in [-0.2, 0) is 9.53 Å². The molecule has 0 aliphatic heterocycles. The Kier molecular flexibility index (Phi) is 4.98. The first-order valence-electron chi connectivity index (χ1n) is 4.83. The summed E-state index contributed by atoms with van der Waals surface area (Å²) in [5.74, 6) is -0.845. The lowest BCUT2D eigenvalue weighted by molar-refractivity contribution is -0.143. The standard InChI is InChI=1S/C10H15ClO3/c11-6-1-7-14-9-4-2-8(3-5-9)10(12)13/h1,6,8-9H,2-5,7H2,(H,12,13)/b6-1+. The molecule has 0 aromatic carbocycles. The molecule has 3 nitrogen and oxygen atoms in total. The van der Waals surface area contributed by atoms with E-state index in [2.05, 4.69) is 0 Å². The van der Waals surface area contributed by atoms with Crippen molar-refractivity contribution in [2.45, 2.75) is 31.8 Å². The minimum atomic E-state index is -0.677. The van der Waals surface area contributed by atoms with Gasteiger partial charge in [0.25, 0.3) is 0 Å². The summed E-state index contributed by atoms with van der Waals surface area (Å²) < 4.78 is 5.49. The molecule has 1 aliphatic carbocycles. The van der Waals surface area contributed by atoms with Crippen molar-refractivity contribution in [1.82, 2.24) is 0 Å². The second-order valence-electron chi connectivity index (χ2n) is 3.51. The van der Waals surface area contributed by atoms with E-state index in [1.807, 2.05) is 0 Å². The van der Waals surface area contributed by atoms with E-state index >= 15 is 0 Å². The molecular weight excluding hydrogens is 204 g/mol. The van der Waals surface area contributed by atoms with Gasteiger partial charge >= 0.3 is 5.97 Å². The van der Waals surface area contributed by atoms with Crippen LogP contribution in [-0.4, -0.2) is 23.8 Å². The Balaban J connectivity index is 2.18. The Morgan fingerprint density at radius 3 is 2.57 bits per heavy atom. The largest absolute Gasteiger partial charge is 0.481 e. The number of carboxylic acid groups (broad SMARTS) is 1. The summed E-state index contributed by atoms with van der Waals surface area (Å²) >= 11 is 5.35. The van der Waals surface area contributed by atoms with Gasteiger partial charge in [-0.15, -0.1) is 0 Å². The predicted octanol–water partition coefficient (Wildman–Crippen LogP) is 2.40. The maximum Gasteiger partial charge on any atom is 0.306 e. The predicted molar refractivity (Wildman–Crippen MR) is 54.3 cm³/mol. The van der Waals surface area contributed by atoms with Crippen molar-refractivity contribution < 1.29 is 14.6 Å². The lowest BCUT2D eigenvalue weighted by Gasteiger charge is -2.25. The van der Waals surface area contributed by atoms with E-state index in [0.717, 1.165) is 25.7 Å². The summed E-state index contributed by atoms with van der Waals surface area (Å²) in [7, 11) is 0. The van der Waals surface area contributed by atoms with Crippen molar-refractivity contribution in [3.63, 3.8) is 0 Å². The molecule has 1 N–H and O–H groups in total. The maximum absolute atomic E-state index is 10.7. The van der Waals surface area contributed by atoms with Crippen LogP contribution in [0.1, 0.15) is 25.7 Å². The normalized spacial score (nSPS) is 28.1. The van der Waals surface area contributed by atoms with E-state index < -0.39 is 5.97 Å². The molecule has 4 heteroatoms. The number of rotatable bonds is 4. The minimum Gasteiger partial charge on any atom is -0.481 e. The molecule has 0 aromatic rings. The van der Waals surface area contributed by atoms with Crippen LogP contribution >= 0.6 is 11.6 Å². The summed E-state index contributed by atoms with van der Waals surface area (Å²) in [6, 6.07) is 0. The van der Waals surface area contributed by atoms with Gasteiger partial charge in [-0.25, -0.2) is 0 Å². The first kappa shape index (κ1) is 11.5. The van der Waals surface area contributed by atoms with Crippen LogP contribution in [0.2, 0.25) is 0 Å². The lowest BCUT2D eigenvalue weighted by atomic mass is 9.87. The van der Waals surface area contributed by atoms with E-state index in [-0.39, 0.29) is 12.0 Å². The number of hydrogen-bond donors (Lipinski definition) is 1. The average Bonchev–Trinajstić information content (AvgIpc) is 2.19. The van der Waals surface area contributed by atoms with Gasteiger partial charge in [0, 0.05) is 5.54 Å². The average molecular weight is 219 g/mol. The Hall–Kier alpha value is -0.540. The molecule has 0 saturated heterocycles. The number of carboxylic acids is 1. The van der Waals surface area contributed by atoms with Gasteiger partial charge in [-0.2, -0.15) is 0 Å². The van der Waals surface area contributed by atoms with Crippen LogP contribution in [0, 0.1) is 5.92 Å². The van der Waals surface area contributed by atoms with Gasteiger partial charge in [0.2, 0.25) is 0 Å². The highest BCUT2D eigenvalue weighted by Crippen LogP contribution is 2.26. The van der Waals surface area contributed by atoms with Crippen molar-refractivity contribution in [3.8, 4) is 0 Å². The highest BCUT2D eigenvalue weighted by molar-refractivity contribution is 6.25. The second kappa shape index (κ2) is 6.04. The second-order valence-corrected chi connectivity index (χ2v) is 3.76. The fourth-order valence-corrected chi connectivity index (χ4v) is 1.78. The van der Waals surface area contributed by atoms with Crippen LogP contribution in [0.4, 0.5) is 0 Å². The first-order valence-corrected chi connectivity index (χ1v) is 5.27. The van der Waals surface area contributed by atoms with Crippen molar-refractivity contribution in [2.24, 2.45) is 5.92 Å². The van der Waals surface area contributed by atoms with Crippen LogP contribution in [0.3, 0.4) is 0 Å². The molecule has 0 radical (unpaired) electrons. The lowest BCUT2D eigenvalue weighted by Crippen LogP contribution is -2.26. The Bertz CT molecular complexity index is 207. The SMILES string of the molecule is O=C(O)C1CCC(OC/C=C/Cl)CC1. The minimum absolute atomic E-state index is 0.168. The van der Waals surface area contributed by atoms with Gasteiger partial charge in [0.15, 0.2) is 0 Å². The van der Waals surface area contributed by atoms with Crippen molar-refractivity contribution in [1.29, 1.82) is 0 Å². The third-order valence-corrected chi connectivity index (χ3v) is 2.72. The number of ether oxygens (including phenoxy) is 1. The van der Waals surface area contributed by atoms with Gasteiger partial charge in [0.05, 0.1) is 18.6 Å². The molecule has 14 heavy (non-hydrogen) atoms. The van der Waals surface area contributed by atoms with E-state index in [1.165, 1.54) is 5.54 Å². The summed E-state index contributed by atoms with van der Waals surface area (Å²) in [6.07, 6.45) is 5.08.